The van der Waals surface area contributed by atoms with E-state index in [-0.39, 0.29) is 11.6 Å². The van der Waals surface area contributed by atoms with E-state index in [1.54, 1.807) is 0 Å². The number of benzene rings is 2. The molecule has 0 aliphatic carbocycles. The number of anilines is 1. The maximum absolute atomic E-state index is 13.4. The lowest BCUT2D eigenvalue weighted by atomic mass is 9.96. The molecule has 1 atom stereocenters. The Labute approximate surface area is 118 Å². The molecule has 3 heteroatoms. The molecule has 2 nitrogen and oxygen atoms in total. The van der Waals surface area contributed by atoms with Crippen molar-refractivity contribution in [2.45, 2.75) is 32.4 Å². The van der Waals surface area contributed by atoms with Crippen LogP contribution < -0.4 is 4.90 Å². The van der Waals surface area contributed by atoms with Crippen LogP contribution >= 0.6 is 0 Å². The van der Waals surface area contributed by atoms with E-state index in [4.69, 9.17) is 0 Å². The molecular weight excluding hydrogens is 253 g/mol. The third-order valence-corrected chi connectivity index (χ3v) is 4.05. The molecule has 0 fully saturated rings. The first-order valence-electron chi connectivity index (χ1n) is 6.97. The summed E-state index contributed by atoms with van der Waals surface area (Å²) >= 11 is 0. The van der Waals surface area contributed by atoms with Gasteiger partial charge in [-0.1, -0.05) is 18.2 Å². The minimum absolute atomic E-state index is 0.154. The average Bonchev–Trinajstić information content (AvgIpc) is 2.46. The average molecular weight is 271 g/mol. The second-order valence-electron chi connectivity index (χ2n) is 5.42. The fraction of sp³-hybridized carbons (Fsp3) is 0.294. The molecule has 2 aromatic carbocycles. The lowest BCUT2D eigenvalue weighted by Gasteiger charge is -2.37. The minimum Gasteiger partial charge on any atom is -0.508 e. The van der Waals surface area contributed by atoms with Crippen molar-refractivity contribution in [3.8, 4) is 5.75 Å². The number of phenols is 1. The second-order valence-corrected chi connectivity index (χ2v) is 5.42. The number of phenolic OH excluding ortho intramolecular Hbond substituents is 1. The van der Waals surface area contributed by atoms with Gasteiger partial charge in [0, 0.05) is 23.8 Å². The van der Waals surface area contributed by atoms with Crippen LogP contribution in [-0.2, 0) is 13.0 Å². The van der Waals surface area contributed by atoms with Crippen LogP contribution in [0.3, 0.4) is 0 Å². The summed E-state index contributed by atoms with van der Waals surface area (Å²) in [5, 5.41) is 9.91. The van der Waals surface area contributed by atoms with Crippen molar-refractivity contribution in [3.63, 3.8) is 0 Å². The smallest absolute Gasteiger partial charge is 0.123 e. The number of hydrogen-bond donors (Lipinski definition) is 1. The highest BCUT2D eigenvalue weighted by molar-refractivity contribution is 5.57. The molecule has 0 bridgehead atoms. The van der Waals surface area contributed by atoms with Gasteiger partial charge < -0.3 is 10.0 Å². The zero-order valence-corrected chi connectivity index (χ0v) is 11.5. The molecule has 1 aliphatic rings. The summed E-state index contributed by atoms with van der Waals surface area (Å²) in [6, 6.07) is 12.8. The molecule has 0 spiro atoms. The number of aryl methyl sites for hydroxylation is 1. The number of aromatic hydroxyl groups is 1. The van der Waals surface area contributed by atoms with Gasteiger partial charge in [0.1, 0.15) is 11.6 Å². The standard InChI is InChI=1S/C17H18FNO/c1-12-6-7-13-4-2-3-5-16(13)19(12)11-14-10-15(18)8-9-17(14)20/h2-5,8-10,12,20H,6-7,11H2,1H3. The largest absolute Gasteiger partial charge is 0.508 e. The van der Waals surface area contributed by atoms with Gasteiger partial charge in [-0.15, -0.1) is 0 Å². The first-order valence-corrected chi connectivity index (χ1v) is 6.97. The van der Waals surface area contributed by atoms with Gasteiger partial charge in [0.2, 0.25) is 0 Å². The van der Waals surface area contributed by atoms with E-state index in [9.17, 15) is 9.50 Å². The van der Waals surface area contributed by atoms with Crippen molar-refractivity contribution < 1.29 is 9.50 Å². The third kappa shape index (κ3) is 2.36. The lowest BCUT2D eigenvalue weighted by Crippen LogP contribution is -2.36. The maximum atomic E-state index is 13.4. The molecule has 1 N–H and O–H groups in total. The van der Waals surface area contributed by atoms with Crippen LogP contribution in [0.2, 0.25) is 0 Å². The Hall–Kier alpha value is -2.03. The summed E-state index contributed by atoms with van der Waals surface area (Å²) in [7, 11) is 0. The SMILES string of the molecule is CC1CCc2ccccc2N1Cc1cc(F)ccc1O. The van der Waals surface area contributed by atoms with E-state index in [0.717, 1.165) is 12.8 Å². The molecule has 3 rings (SSSR count). The van der Waals surface area contributed by atoms with Crippen molar-refractivity contribution in [3.05, 3.63) is 59.4 Å². The summed E-state index contributed by atoms with van der Waals surface area (Å²) in [4.78, 5) is 2.24. The normalized spacial score (nSPS) is 17.9. The van der Waals surface area contributed by atoms with Gasteiger partial charge in [0.15, 0.2) is 0 Å². The Morgan fingerprint density at radius 3 is 2.90 bits per heavy atom. The lowest BCUT2D eigenvalue weighted by molar-refractivity contribution is 0.460. The summed E-state index contributed by atoms with van der Waals surface area (Å²) in [6.45, 7) is 2.70. The van der Waals surface area contributed by atoms with E-state index < -0.39 is 0 Å². The first-order chi connectivity index (χ1) is 9.65. The van der Waals surface area contributed by atoms with Crippen molar-refractivity contribution in [1.82, 2.24) is 0 Å². The van der Waals surface area contributed by atoms with Crippen LogP contribution in [0.5, 0.6) is 5.75 Å². The zero-order chi connectivity index (χ0) is 14.1. The van der Waals surface area contributed by atoms with E-state index >= 15 is 0 Å². The number of hydrogen-bond acceptors (Lipinski definition) is 2. The van der Waals surface area contributed by atoms with Crippen molar-refractivity contribution in [1.29, 1.82) is 0 Å². The highest BCUT2D eigenvalue weighted by Gasteiger charge is 2.23. The van der Waals surface area contributed by atoms with Gasteiger partial charge in [0.25, 0.3) is 0 Å². The second kappa shape index (κ2) is 5.16. The summed E-state index contributed by atoms with van der Waals surface area (Å²) in [5.41, 5.74) is 3.14. The topological polar surface area (TPSA) is 23.5 Å². The van der Waals surface area contributed by atoms with Gasteiger partial charge in [-0.25, -0.2) is 4.39 Å². The first kappa shape index (κ1) is 13.0. The van der Waals surface area contributed by atoms with Crippen LogP contribution in [0, 0.1) is 5.82 Å². The Balaban J connectivity index is 1.95. The monoisotopic (exact) mass is 271 g/mol. The fourth-order valence-electron chi connectivity index (χ4n) is 2.87. The van der Waals surface area contributed by atoms with Crippen molar-refractivity contribution in [2.75, 3.05) is 4.90 Å². The van der Waals surface area contributed by atoms with Crippen LogP contribution in [0.1, 0.15) is 24.5 Å². The molecule has 0 saturated carbocycles. The quantitative estimate of drug-likeness (QED) is 0.896. The van der Waals surface area contributed by atoms with Gasteiger partial charge in [-0.2, -0.15) is 0 Å². The van der Waals surface area contributed by atoms with Gasteiger partial charge in [-0.05, 0) is 49.6 Å². The predicted octanol–water partition coefficient (Wildman–Crippen LogP) is 3.87. The molecule has 20 heavy (non-hydrogen) atoms. The molecule has 0 amide bonds. The van der Waals surface area contributed by atoms with Gasteiger partial charge in [-0.3, -0.25) is 0 Å². The zero-order valence-electron chi connectivity index (χ0n) is 11.5. The molecule has 1 aliphatic heterocycles. The Morgan fingerprint density at radius 1 is 1.25 bits per heavy atom. The molecule has 1 unspecified atom stereocenters. The summed E-state index contributed by atoms with van der Waals surface area (Å²) < 4.78 is 13.4. The molecule has 2 aromatic rings. The van der Waals surface area contributed by atoms with Crippen molar-refractivity contribution in [2.24, 2.45) is 0 Å². The van der Waals surface area contributed by atoms with Crippen LogP contribution in [0.25, 0.3) is 0 Å². The maximum Gasteiger partial charge on any atom is 0.123 e. The Kier molecular flexibility index (Phi) is 3.35. The fourth-order valence-corrected chi connectivity index (χ4v) is 2.87. The predicted molar refractivity (Wildman–Crippen MR) is 78.5 cm³/mol. The minimum atomic E-state index is -0.309. The number of para-hydroxylation sites is 1. The van der Waals surface area contributed by atoms with E-state index in [1.165, 1.54) is 29.4 Å². The Bertz CT molecular complexity index is 626. The molecule has 1 heterocycles. The molecule has 0 aromatic heterocycles. The number of halogens is 1. The highest BCUT2D eigenvalue weighted by Crippen LogP contribution is 2.33. The Morgan fingerprint density at radius 2 is 2.05 bits per heavy atom. The molecule has 0 saturated heterocycles. The van der Waals surface area contributed by atoms with Gasteiger partial charge in [0.05, 0.1) is 0 Å². The summed E-state index contributed by atoms with van der Waals surface area (Å²) in [5.74, 6) is -0.155. The summed E-state index contributed by atoms with van der Waals surface area (Å²) in [6.07, 6.45) is 2.15. The van der Waals surface area contributed by atoms with Gasteiger partial charge >= 0.3 is 0 Å². The number of nitrogens with zero attached hydrogens (tertiary/aromatic N) is 1. The molecular formula is C17H18FNO. The third-order valence-electron chi connectivity index (χ3n) is 4.05. The van der Waals surface area contributed by atoms with E-state index in [0.29, 0.717) is 18.2 Å². The highest BCUT2D eigenvalue weighted by atomic mass is 19.1. The number of fused-ring (bicyclic) bond motifs is 1. The van der Waals surface area contributed by atoms with E-state index in [2.05, 4.69) is 24.0 Å². The number of rotatable bonds is 2. The van der Waals surface area contributed by atoms with Crippen LogP contribution in [0.15, 0.2) is 42.5 Å². The molecule has 104 valence electrons. The van der Waals surface area contributed by atoms with Crippen molar-refractivity contribution >= 4 is 5.69 Å². The van der Waals surface area contributed by atoms with Crippen LogP contribution in [-0.4, -0.2) is 11.1 Å². The molecule has 0 radical (unpaired) electrons. The van der Waals surface area contributed by atoms with E-state index in [1.807, 2.05) is 12.1 Å². The van der Waals surface area contributed by atoms with Crippen LogP contribution in [0.4, 0.5) is 10.1 Å².